The van der Waals surface area contributed by atoms with E-state index in [4.69, 9.17) is 4.74 Å². The quantitative estimate of drug-likeness (QED) is 0.224. The summed E-state index contributed by atoms with van der Waals surface area (Å²) in [6.45, 7) is 10.2. The Hall–Kier alpha value is -2.96. The van der Waals surface area contributed by atoms with Gasteiger partial charge in [-0.1, -0.05) is 24.8 Å². The van der Waals surface area contributed by atoms with Crippen molar-refractivity contribution in [3.05, 3.63) is 44.5 Å². The van der Waals surface area contributed by atoms with Crippen LogP contribution < -0.4 is 5.32 Å². The van der Waals surface area contributed by atoms with Crippen molar-refractivity contribution < 1.29 is 19.1 Å². The summed E-state index contributed by atoms with van der Waals surface area (Å²) >= 11 is 3.97. The molecule has 2 amide bonds. The Labute approximate surface area is 222 Å². The Morgan fingerprint density at radius 3 is 2.61 bits per heavy atom. The van der Waals surface area contributed by atoms with Gasteiger partial charge in [0, 0.05) is 36.5 Å². The Balaban J connectivity index is 1.83. The van der Waals surface area contributed by atoms with Crippen molar-refractivity contribution in [1.29, 1.82) is 0 Å². The van der Waals surface area contributed by atoms with E-state index >= 15 is 0 Å². The minimum atomic E-state index is -0.613. The van der Waals surface area contributed by atoms with Gasteiger partial charge in [-0.3, -0.25) is 14.2 Å². The summed E-state index contributed by atoms with van der Waals surface area (Å²) in [5.74, 6) is -0.429. The van der Waals surface area contributed by atoms with Gasteiger partial charge in [-0.25, -0.2) is 4.79 Å². The summed E-state index contributed by atoms with van der Waals surface area (Å²) < 4.78 is 6.83. The molecule has 0 radical (unpaired) electrons. The number of aryl methyl sites for hydroxylation is 1. The van der Waals surface area contributed by atoms with Crippen LogP contribution >= 0.6 is 34.4 Å². The van der Waals surface area contributed by atoms with Crippen molar-refractivity contribution in [1.82, 2.24) is 19.7 Å². The number of thiophene rings is 2. The number of amides is 2. The standard InChI is InChI=1S/C24H29N5O4S3/c1-8-10-29-20(16-11-34-14(4)15(16)9-2)26-27-24(29)35-12-17(30)25-21-18(23(32)33-7)13(3)19(36-21)22(31)28(5)6/h8,11H,1,9-10,12H2,2-7H3,(H,25,30). The van der Waals surface area contributed by atoms with E-state index < -0.39 is 5.97 Å². The maximum Gasteiger partial charge on any atom is 0.341 e. The highest BCUT2D eigenvalue weighted by Gasteiger charge is 2.27. The molecule has 0 aromatic carbocycles. The van der Waals surface area contributed by atoms with Gasteiger partial charge < -0.3 is 15.0 Å². The third kappa shape index (κ3) is 5.55. The fourth-order valence-corrected chi connectivity index (χ4v) is 6.56. The number of aromatic nitrogens is 3. The Bertz CT molecular complexity index is 1310. The highest BCUT2D eigenvalue weighted by Crippen LogP contribution is 2.35. The summed E-state index contributed by atoms with van der Waals surface area (Å²) in [5, 5.41) is 14.5. The fourth-order valence-electron chi connectivity index (χ4n) is 3.64. The molecular formula is C24H29N5O4S3. The number of ether oxygens (including phenoxy) is 1. The van der Waals surface area contributed by atoms with Crippen LogP contribution in [0.1, 0.15) is 43.0 Å². The van der Waals surface area contributed by atoms with Crippen molar-refractivity contribution in [3.63, 3.8) is 0 Å². The number of allylic oxidation sites excluding steroid dienone is 1. The molecule has 0 aliphatic heterocycles. The van der Waals surface area contributed by atoms with E-state index in [2.05, 4.69) is 41.3 Å². The number of methoxy groups -OCH3 is 1. The van der Waals surface area contributed by atoms with Gasteiger partial charge in [0.2, 0.25) is 5.91 Å². The summed E-state index contributed by atoms with van der Waals surface area (Å²) in [4.78, 5) is 40.9. The summed E-state index contributed by atoms with van der Waals surface area (Å²) in [7, 11) is 4.52. The Morgan fingerprint density at radius 2 is 2.00 bits per heavy atom. The zero-order valence-corrected chi connectivity index (χ0v) is 23.6. The molecule has 0 unspecified atom stereocenters. The van der Waals surface area contributed by atoms with Gasteiger partial charge in [0.1, 0.15) is 5.00 Å². The number of rotatable bonds is 10. The van der Waals surface area contributed by atoms with Crippen molar-refractivity contribution >= 4 is 57.2 Å². The molecule has 0 spiro atoms. The molecule has 0 bridgehead atoms. The van der Waals surface area contributed by atoms with Gasteiger partial charge in [-0.15, -0.1) is 39.4 Å². The SMILES string of the molecule is C=CCn1c(SCC(=O)Nc2sc(C(=O)N(C)C)c(C)c2C(=O)OC)nnc1-c1csc(C)c1CC. The molecule has 3 aromatic rings. The van der Waals surface area contributed by atoms with Gasteiger partial charge in [-0.2, -0.15) is 0 Å². The second-order valence-corrected chi connectivity index (χ2v) is 11.1. The molecule has 3 rings (SSSR count). The second kappa shape index (κ2) is 11.8. The molecule has 0 aliphatic carbocycles. The number of esters is 1. The van der Waals surface area contributed by atoms with Crippen LogP contribution in [0.4, 0.5) is 5.00 Å². The Kier molecular flexibility index (Phi) is 9.09. The predicted molar refractivity (Wildman–Crippen MR) is 145 cm³/mol. The zero-order valence-electron chi connectivity index (χ0n) is 21.1. The predicted octanol–water partition coefficient (Wildman–Crippen LogP) is 4.65. The minimum absolute atomic E-state index is 0.0348. The summed E-state index contributed by atoms with van der Waals surface area (Å²) in [5.41, 5.74) is 2.93. The van der Waals surface area contributed by atoms with Crippen LogP contribution in [0.5, 0.6) is 0 Å². The second-order valence-electron chi connectivity index (χ2n) is 8.03. The largest absolute Gasteiger partial charge is 0.465 e. The molecule has 0 aliphatic rings. The Morgan fingerprint density at radius 1 is 1.28 bits per heavy atom. The molecule has 0 fully saturated rings. The van der Waals surface area contributed by atoms with E-state index in [1.165, 1.54) is 34.2 Å². The van der Waals surface area contributed by atoms with E-state index in [0.29, 0.717) is 22.1 Å². The monoisotopic (exact) mass is 547 g/mol. The maximum atomic E-state index is 12.9. The van der Waals surface area contributed by atoms with Crippen LogP contribution in [0.25, 0.3) is 11.4 Å². The van der Waals surface area contributed by atoms with Gasteiger partial charge >= 0.3 is 5.97 Å². The molecule has 3 aromatic heterocycles. The topological polar surface area (TPSA) is 106 Å². The molecule has 36 heavy (non-hydrogen) atoms. The average Bonchev–Trinajstić information content (AvgIpc) is 3.51. The van der Waals surface area contributed by atoms with E-state index in [-0.39, 0.29) is 28.1 Å². The van der Waals surface area contributed by atoms with Crippen LogP contribution in [0.3, 0.4) is 0 Å². The number of carbonyl (C=O) groups is 3. The minimum Gasteiger partial charge on any atom is -0.465 e. The summed E-state index contributed by atoms with van der Waals surface area (Å²) in [6.07, 6.45) is 2.65. The molecule has 0 saturated carbocycles. The van der Waals surface area contributed by atoms with Gasteiger partial charge in [0.15, 0.2) is 11.0 Å². The number of hydrogen-bond donors (Lipinski definition) is 1. The number of nitrogens with zero attached hydrogens (tertiary/aromatic N) is 4. The average molecular weight is 548 g/mol. The molecule has 1 N–H and O–H groups in total. The zero-order chi connectivity index (χ0) is 26.6. The van der Waals surface area contributed by atoms with E-state index in [0.717, 1.165) is 29.1 Å². The first-order valence-electron chi connectivity index (χ1n) is 11.1. The van der Waals surface area contributed by atoms with Crippen molar-refractivity contribution in [3.8, 4) is 11.4 Å². The van der Waals surface area contributed by atoms with Crippen LogP contribution in [0.15, 0.2) is 23.2 Å². The lowest BCUT2D eigenvalue weighted by atomic mass is 10.1. The number of anilines is 1. The van der Waals surface area contributed by atoms with Crippen LogP contribution in [0.2, 0.25) is 0 Å². The first-order valence-corrected chi connectivity index (χ1v) is 13.8. The fraction of sp³-hybridized carbons (Fsp3) is 0.375. The van der Waals surface area contributed by atoms with Gasteiger partial charge in [0.05, 0.1) is 23.3 Å². The van der Waals surface area contributed by atoms with Crippen molar-refractivity contribution in [2.24, 2.45) is 0 Å². The third-order valence-electron chi connectivity index (χ3n) is 5.45. The van der Waals surface area contributed by atoms with Crippen molar-refractivity contribution in [2.45, 2.75) is 38.9 Å². The molecule has 0 atom stereocenters. The molecule has 0 saturated heterocycles. The molecule has 12 heteroatoms. The lowest BCUT2D eigenvalue weighted by Gasteiger charge is -2.09. The van der Waals surface area contributed by atoms with E-state index in [9.17, 15) is 14.4 Å². The van der Waals surface area contributed by atoms with Crippen LogP contribution in [-0.4, -0.2) is 64.4 Å². The summed E-state index contributed by atoms with van der Waals surface area (Å²) in [6, 6.07) is 0. The van der Waals surface area contributed by atoms with E-state index in [1.54, 1.807) is 38.4 Å². The normalized spacial score (nSPS) is 10.8. The molecular weight excluding hydrogens is 518 g/mol. The number of nitrogens with one attached hydrogen (secondary N) is 1. The molecule has 9 nitrogen and oxygen atoms in total. The van der Waals surface area contributed by atoms with Gasteiger partial charge in [-0.05, 0) is 31.4 Å². The van der Waals surface area contributed by atoms with Crippen LogP contribution in [0, 0.1) is 13.8 Å². The van der Waals surface area contributed by atoms with Crippen LogP contribution in [-0.2, 0) is 22.5 Å². The number of hydrogen-bond acceptors (Lipinski definition) is 9. The number of thioether (sulfide) groups is 1. The van der Waals surface area contributed by atoms with Gasteiger partial charge in [0.25, 0.3) is 5.91 Å². The lowest BCUT2D eigenvalue weighted by Crippen LogP contribution is -2.21. The highest BCUT2D eigenvalue weighted by atomic mass is 32.2. The highest BCUT2D eigenvalue weighted by molar-refractivity contribution is 7.99. The smallest absolute Gasteiger partial charge is 0.341 e. The first kappa shape index (κ1) is 27.6. The number of carbonyl (C=O) groups excluding carboxylic acids is 3. The molecule has 3 heterocycles. The molecule has 192 valence electrons. The van der Waals surface area contributed by atoms with E-state index in [1.807, 2.05) is 4.57 Å². The first-order chi connectivity index (χ1) is 17.1. The van der Waals surface area contributed by atoms with Crippen molar-refractivity contribution in [2.75, 3.05) is 32.3 Å². The maximum absolute atomic E-state index is 12.9. The third-order valence-corrected chi connectivity index (χ3v) is 8.56. The lowest BCUT2D eigenvalue weighted by molar-refractivity contribution is -0.113.